The summed E-state index contributed by atoms with van der Waals surface area (Å²) < 4.78 is 41.7. The molecule has 0 radical (unpaired) electrons. The Hall–Kier alpha value is -2.36. The van der Waals surface area contributed by atoms with E-state index < -0.39 is 11.7 Å². The van der Waals surface area contributed by atoms with Crippen molar-refractivity contribution < 1.29 is 13.2 Å². The van der Waals surface area contributed by atoms with Gasteiger partial charge in [-0.25, -0.2) is 4.98 Å². The van der Waals surface area contributed by atoms with Crippen molar-refractivity contribution in [3.63, 3.8) is 0 Å². The highest BCUT2D eigenvalue weighted by Gasteiger charge is 2.35. The lowest BCUT2D eigenvalue weighted by Crippen LogP contribution is -2.12. The number of aromatic nitrogens is 2. The van der Waals surface area contributed by atoms with Crippen LogP contribution in [0.15, 0.2) is 54.7 Å². The second-order valence-electron chi connectivity index (χ2n) is 7.32. The quantitative estimate of drug-likeness (QED) is 0.346. The van der Waals surface area contributed by atoms with Crippen molar-refractivity contribution >= 4 is 45.7 Å². The van der Waals surface area contributed by atoms with Crippen molar-refractivity contribution in [1.82, 2.24) is 9.97 Å². The van der Waals surface area contributed by atoms with E-state index in [9.17, 15) is 13.2 Å². The highest BCUT2D eigenvalue weighted by Crippen LogP contribution is 2.37. The minimum absolute atomic E-state index is 0.0960. The molecule has 2 N–H and O–H groups in total. The molecule has 0 saturated heterocycles. The molecule has 3 aromatic rings. The minimum Gasteiger partial charge on any atom is -0.340 e. The van der Waals surface area contributed by atoms with Crippen molar-refractivity contribution in [1.29, 1.82) is 0 Å². The Balaban J connectivity index is 1.63. The highest BCUT2D eigenvalue weighted by molar-refractivity contribution is 14.1. The van der Waals surface area contributed by atoms with Crippen LogP contribution in [0.1, 0.15) is 42.7 Å². The van der Waals surface area contributed by atoms with Gasteiger partial charge in [0.25, 0.3) is 0 Å². The van der Waals surface area contributed by atoms with Crippen molar-refractivity contribution in [2.75, 3.05) is 10.6 Å². The molecule has 0 aliphatic heterocycles. The number of alkyl halides is 3. The molecule has 1 aromatic heterocycles. The first-order valence-corrected chi connectivity index (χ1v) is 10.8. The molecular weight excluding hydrogens is 504 g/mol. The third-order valence-electron chi connectivity index (χ3n) is 5.17. The molecule has 156 valence electrons. The van der Waals surface area contributed by atoms with Crippen LogP contribution in [0.2, 0.25) is 0 Å². The van der Waals surface area contributed by atoms with Crippen LogP contribution < -0.4 is 10.6 Å². The summed E-state index contributed by atoms with van der Waals surface area (Å²) in [5, 5.41) is 5.83. The fourth-order valence-corrected chi connectivity index (χ4v) is 4.03. The monoisotopic (exact) mass is 524 g/mol. The molecule has 8 heteroatoms. The first kappa shape index (κ1) is 20.9. The van der Waals surface area contributed by atoms with Gasteiger partial charge in [-0.05, 0) is 83.3 Å². The summed E-state index contributed by atoms with van der Waals surface area (Å²) in [5.74, 6) is 0.296. The molecule has 0 amide bonds. The van der Waals surface area contributed by atoms with Crippen LogP contribution in [0.3, 0.4) is 0 Å². The molecule has 0 spiro atoms. The second-order valence-corrected chi connectivity index (χ2v) is 8.56. The van der Waals surface area contributed by atoms with Gasteiger partial charge in [-0.15, -0.1) is 0 Å². The Bertz CT molecular complexity index is 1020. The molecule has 0 bridgehead atoms. The zero-order valence-corrected chi connectivity index (χ0v) is 18.2. The summed E-state index contributed by atoms with van der Waals surface area (Å²) in [6, 6.07) is 15.0. The molecule has 4 rings (SSSR count). The van der Waals surface area contributed by atoms with E-state index in [1.165, 1.54) is 12.8 Å². The number of hydrogen-bond acceptors (Lipinski definition) is 4. The van der Waals surface area contributed by atoms with Gasteiger partial charge < -0.3 is 10.6 Å². The summed E-state index contributed by atoms with van der Waals surface area (Å²) in [5.41, 5.74) is 1.53. The van der Waals surface area contributed by atoms with Gasteiger partial charge in [0.2, 0.25) is 5.95 Å². The number of nitrogens with one attached hydrogen (secondary N) is 2. The molecule has 1 saturated carbocycles. The summed E-state index contributed by atoms with van der Waals surface area (Å²) in [7, 11) is 0. The Morgan fingerprint density at radius 2 is 1.67 bits per heavy atom. The van der Waals surface area contributed by atoms with E-state index in [-0.39, 0.29) is 11.8 Å². The van der Waals surface area contributed by atoms with E-state index in [2.05, 4.69) is 43.2 Å². The van der Waals surface area contributed by atoms with E-state index in [1.807, 2.05) is 42.5 Å². The molecule has 1 aliphatic rings. The maximum Gasteiger partial charge on any atom is 0.421 e. The fourth-order valence-electron chi connectivity index (χ4n) is 3.67. The van der Waals surface area contributed by atoms with Crippen molar-refractivity contribution in [2.24, 2.45) is 0 Å². The molecule has 1 heterocycles. The van der Waals surface area contributed by atoms with E-state index in [0.717, 1.165) is 28.2 Å². The standard InChI is InChI=1S/C22H20F3IN4/c23-22(24,25)19-13-27-21(29-17-10-8-16(26)9-11-17)30-20(19)28-18-7-3-6-15(12-18)14-4-1-2-5-14/h3,6-14H,1-2,4-5H2,(H2,27,28,29,30). The third kappa shape index (κ3) is 5.03. The van der Waals surface area contributed by atoms with Crippen molar-refractivity contribution in [3.8, 4) is 0 Å². The maximum absolute atomic E-state index is 13.5. The topological polar surface area (TPSA) is 49.8 Å². The number of anilines is 4. The lowest BCUT2D eigenvalue weighted by atomic mass is 9.97. The smallest absolute Gasteiger partial charge is 0.340 e. The second kappa shape index (κ2) is 8.79. The lowest BCUT2D eigenvalue weighted by molar-refractivity contribution is -0.137. The van der Waals surface area contributed by atoms with Crippen LogP contribution >= 0.6 is 22.6 Å². The van der Waals surface area contributed by atoms with E-state index in [0.29, 0.717) is 17.3 Å². The highest BCUT2D eigenvalue weighted by atomic mass is 127. The molecular formula is C22H20F3IN4. The Kier molecular flexibility index (Phi) is 6.12. The molecule has 30 heavy (non-hydrogen) atoms. The van der Waals surface area contributed by atoms with Crippen molar-refractivity contribution in [2.45, 2.75) is 37.8 Å². The number of nitrogens with zero attached hydrogens (tertiary/aromatic N) is 2. The molecule has 1 fully saturated rings. The zero-order chi connectivity index (χ0) is 21.1. The van der Waals surface area contributed by atoms with Gasteiger partial charge in [0.1, 0.15) is 11.4 Å². The summed E-state index contributed by atoms with van der Waals surface area (Å²) in [6.45, 7) is 0. The van der Waals surface area contributed by atoms with E-state index in [4.69, 9.17) is 0 Å². The normalized spacial score (nSPS) is 14.7. The molecule has 2 aromatic carbocycles. The van der Waals surface area contributed by atoms with Crippen LogP contribution in [0, 0.1) is 3.57 Å². The van der Waals surface area contributed by atoms with Crippen LogP contribution in [-0.2, 0) is 6.18 Å². The predicted octanol–water partition coefficient (Wildman–Crippen LogP) is 7.24. The number of benzene rings is 2. The van der Waals surface area contributed by atoms with Gasteiger partial charge in [-0.2, -0.15) is 18.2 Å². The van der Waals surface area contributed by atoms with Gasteiger partial charge in [0.15, 0.2) is 0 Å². The van der Waals surface area contributed by atoms with Gasteiger partial charge in [0.05, 0.1) is 0 Å². The number of hydrogen-bond donors (Lipinski definition) is 2. The van der Waals surface area contributed by atoms with Gasteiger partial charge in [-0.1, -0.05) is 25.0 Å². The average molecular weight is 524 g/mol. The Morgan fingerprint density at radius 1 is 0.933 bits per heavy atom. The average Bonchev–Trinajstić information content (AvgIpc) is 3.24. The molecule has 4 nitrogen and oxygen atoms in total. The zero-order valence-electron chi connectivity index (χ0n) is 16.0. The minimum atomic E-state index is -4.56. The summed E-state index contributed by atoms with van der Waals surface area (Å²) in [6.07, 6.45) is 0.877. The van der Waals surface area contributed by atoms with Crippen molar-refractivity contribution in [3.05, 3.63) is 69.4 Å². The maximum atomic E-state index is 13.5. The van der Waals surface area contributed by atoms with Gasteiger partial charge >= 0.3 is 6.18 Å². The Labute approximate surface area is 186 Å². The van der Waals surface area contributed by atoms with Crippen LogP contribution in [0.5, 0.6) is 0 Å². The van der Waals surface area contributed by atoms with Crippen LogP contribution in [0.25, 0.3) is 0 Å². The largest absolute Gasteiger partial charge is 0.421 e. The molecule has 0 unspecified atom stereocenters. The van der Waals surface area contributed by atoms with E-state index >= 15 is 0 Å². The predicted molar refractivity (Wildman–Crippen MR) is 120 cm³/mol. The van der Waals surface area contributed by atoms with Gasteiger partial charge in [0, 0.05) is 21.1 Å². The third-order valence-corrected chi connectivity index (χ3v) is 5.89. The van der Waals surface area contributed by atoms with Crippen LogP contribution in [0.4, 0.5) is 36.3 Å². The Morgan fingerprint density at radius 3 is 2.37 bits per heavy atom. The molecule has 0 atom stereocenters. The van der Waals surface area contributed by atoms with Crippen LogP contribution in [-0.4, -0.2) is 9.97 Å². The van der Waals surface area contributed by atoms with E-state index in [1.54, 1.807) is 6.07 Å². The SMILES string of the molecule is FC(F)(F)c1cnc(Nc2ccc(I)cc2)nc1Nc1cccc(C2CCCC2)c1. The fraction of sp³-hybridized carbons (Fsp3) is 0.273. The first-order chi connectivity index (χ1) is 14.4. The number of rotatable bonds is 5. The number of halogens is 4. The molecule has 1 aliphatic carbocycles. The van der Waals surface area contributed by atoms with Gasteiger partial charge in [-0.3, -0.25) is 0 Å². The first-order valence-electron chi connectivity index (χ1n) is 9.72. The lowest BCUT2D eigenvalue weighted by Gasteiger charge is -2.16. The summed E-state index contributed by atoms with van der Waals surface area (Å²) >= 11 is 2.18. The summed E-state index contributed by atoms with van der Waals surface area (Å²) in [4.78, 5) is 7.99.